The standard InChI is InChI=1S/C24H23FN2O4/c1-15(28)26-21(13-16-7-10-20(25)11-8-16)23(29)27-22(24(30)31)14-17-6-9-18-4-2-3-5-19(18)12-17/h2-12,21-22H,13-14H2,1H3,(H,26,28)(H,27,29)(H,30,31)/t21-,22+/m1/s1. The van der Waals surface area contributed by atoms with E-state index >= 15 is 0 Å². The summed E-state index contributed by atoms with van der Waals surface area (Å²) in [6, 6.07) is 16.7. The maximum atomic E-state index is 13.1. The number of carboxylic acid groups (broad SMARTS) is 1. The van der Waals surface area contributed by atoms with Crippen molar-refractivity contribution in [2.45, 2.75) is 31.8 Å². The van der Waals surface area contributed by atoms with Gasteiger partial charge in [0.15, 0.2) is 0 Å². The van der Waals surface area contributed by atoms with Crippen LogP contribution in [0.25, 0.3) is 10.8 Å². The monoisotopic (exact) mass is 422 g/mol. The SMILES string of the molecule is CC(=O)N[C@H](Cc1ccc(F)cc1)C(=O)N[C@@H](Cc1ccc2ccccc2c1)C(=O)O. The molecule has 0 heterocycles. The van der Waals surface area contributed by atoms with Crippen molar-refractivity contribution in [3.8, 4) is 0 Å². The van der Waals surface area contributed by atoms with Gasteiger partial charge in [0.05, 0.1) is 0 Å². The van der Waals surface area contributed by atoms with Gasteiger partial charge >= 0.3 is 5.97 Å². The third-order valence-corrected chi connectivity index (χ3v) is 4.92. The van der Waals surface area contributed by atoms with E-state index in [-0.39, 0.29) is 12.8 Å². The largest absolute Gasteiger partial charge is 0.480 e. The molecule has 0 unspecified atom stereocenters. The number of nitrogens with one attached hydrogen (secondary N) is 2. The highest BCUT2D eigenvalue weighted by molar-refractivity contribution is 5.90. The van der Waals surface area contributed by atoms with E-state index in [1.54, 1.807) is 0 Å². The van der Waals surface area contributed by atoms with Crippen molar-refractivity contribution in [1.29, 1.82) is 0 Å². The van der Waals surface area contributed by atoms with Crippen molar-refractivity contribution in [3.05, 3.63) is 83.7 Å². The molecule has 0 spiro atoms. The second-order valence-electron chi connectivity index (χ2n) is 7.37. The van der Waals surface area contributed by atoms with E-state index in [4.69, 9.17) is 0 Å². The molecule has 160 valence electrons. The van der Waals surface area contributed by atoms with Crippen molar-refractivity contribution >= 4 is 28.6 Å². The van der Waals surface area contributed by atoms with E-state index in [0.29, 0.717) is 5.56 Å². The average molecular weight is 422 g/mol. The highest BCUT2D eigenvalue weighted by Gasteiger charge is 2.26. The molecule has 0 saturated carbocycles. The molecule has 0 aromatic heterocycles. The summed E-state index contributed by atoms with van der Waals surface area (Å²) in [6.07, 6.45) is 0.198. The van der Waals surface area contributed by atoms with Crippen molar-refractivity contribution in [1.82, 2.24) is 10.6 Å². The molecule has 3 N–H and O–H groups in total. The lowest BCUT2D eigenvalue weighted by molar-refractivity contribution is -0.142. The van der Waals surface area contributed by atoms with Crippen LogP contribution in [0.1, 0.15) is 18.1 Å². The minimum absolute atomic E-state index is 0.0925. The summed E-state index contributed by atoms with van der Waals surface area (Å²) in [5.74, 6) is -2.63. The first-order valence-corrected chi connectivity index (χ1v) is 9.84. The van der Waals surface area contributed by atoms with Crippen LogP contribution in [-0.2, 0) is 27.2 Å². The Bertz CT molecular complexity index is 1100. The summed E-state index contributed by atoms with van der Waals surface area (Å²) in [6.45, 7) is 1.27. The number of benzene rings is 3. The van der Waals surface area contributed by atoms with Gasteiger partial charge < -0.3 is 15.7 Å². The molecule has 0 fully saturated rings. The summed E-state index contributed by atoms with van der Waals surface area (Å²) in [7, 11) is 0. The van der Waals surface area contributed by atoms with Crippen molar-refractivity contribution in [2.24, 2.45) is 0 Å². The number of hydrogen-bond acceptors (Lipinski definition) is 3. The molecule has 0 saturated heterocycles. The van der Waals surface area contributed by atoms with E-state index in [0.717, 1.165) is 16.3 Å². The zero-order chi connectivity index (χ0) is 22.4. The van der Waals surface area contributed by atoms with Crippen LogP contribution >= 0.6 is 0 Å². The number of carboxylic acids is 1. The zero-order valence-electron chi connectivity index (χ0n) is 17.0. The van der Waals surface area contributed by atoms with Gasteiger partial charge in [0.25, 0.3) is 0 Å². The third kappa shape index (κ3) is 6.12. The fraction of sp³-hybridized carbons (Fsp3) is 0.208. The van der Waals surface area contributed by atoms with Gasteiger partial charge in [-0.15, -0.1) is 0 Å². The van der Waals surface area contributed by atoms with Gasteiger partial charge in [0.1, 0.15) is 17.9 Å². The number of aliphatic carboxylic acids is 1. The van der Waals surface area contributed by atoms with Crippen LogP contribution in [0.15, 0.2) is 66.7 Å². The van der Waals surface area contributed by atoms with Gasteiger partial charge in [-0.05, 0) is 34.0 Å². The van der Waals surface area contributed by atoms with Crippen molar-refractivity contribution in [3.63, 3.8) is 0 Å². The van der Waals surface area contributed by atoms with E-state index in [1.165, 1.54) is 31.2 Å². The van der Waals surface area contributed by atoms with Gasteiger partial charge in [-0.2, -0.15) is 0 Å². The van der Waals surface area contributed by atoms with E-state index in [9.17, 15) is 23.9 Å². The molecule has 6 nitrogen and oxygen atoms in total. The van der Waals surface area contributed by atoms with Gasteiger partial charge in [0.2, 0.25) is 11.8 Å². The Hall–Kier alpha value is -3.74. The van der Waals surface area contributed by atoms with Crippen LogP contribution in [0.2, 0.25) is 0 Å². The Labute approximate surface area is 179 Å². The highest BCUT2D eigenvalue weighted by atomic mass is 19.1. The van der Waals surface area contributed by atoms with Crippen LogP contribution in [0.4, 0.5) is 4.39 Å². The molecule has 31 heavy (non-hydrogen) atoms. The van der Waals surface area contributed by atoms with Crippen LogP contribution in [0.3, 0.4) is 0 Å². The Morgan fingerprint density at radius 1 is 0.839 bits per heavy atom. The van der Waals surface area contributed by atoms with Crippen LogP contribution in [0.5, 0.6) is 0 Å². The van der Waals surface area contributed by atoms with E-state index in [2.05, 4.69) is 10.6 Å². The van der Waals surface area contributed by atoms with Gasteiger partial charge in [-0.1, -0.05) is 54.6 Å². The Morgan fingerprint density at radius 2 is 1.45 bits per heavy atom. The molecule has 3 rings (SSSR count). The maximum absolute atomic E-state index is 13.1. The second-order valence-corrected chi connectivity index (χ2v) is 7.37. The zero-order valence-corrected chi connectivity index (χ0v) is 17.0. The summed E-state index contributed by atoms with van der Waals surface area (Å²) < 4.78 is 13.1. The molecule has 0 aliphatic rings. The highest BCUT2D eigenvalue weighted by Crippen LogP contribution is 2.17. The fourth-order valence-electron chi connectivity index (χ4n) is 3.38. The van der Waals surface area contributed by atoms with Crippen LogP contribution < -0.4 is 10.6 Å². The number of halogens is 1. The Balaban J connectivity index is 1.74. The van der Waals surface area contributed by atoms with Gasteiger partial charge in [-0.3, -0.25) is 9.59 Å². The minimum Gasteiger partial charge on any atom is -0.480 e. The smallest absolute Gasteiger partial charge is 0.326 e. The summed E-state index contributed by atoms with van der Waals surface area (Å²) in [5, 5.41) is 16.7. The van der Waals surface area contributed by atoms with Crippen LogP contribution in [-0.4, -0.2) is 35.0 Å². The topological polar surface area (TPSA) is 95.5 Å². The lowest BCUT2D eigenvalue weighted by Gasteiger charge is -2.21. The minimum atomic E-state index is -1.18. The number of fused-ring (bicyclic) bond motifs is 1. The molecule has 0 aliphatic heterocycles. The number of hydrogen-bond donors (Lipinski definition) is 3. The number of carbonyl (C=O) groups is 3. The molecule has 0 bridgehead atoms. The first-order chi connectivity index (χ1) is 14.8. The summed E-state index contributed by atoms with van der Waals surface area (Å²) >= 11 is 0. The van der Waals surface area contributed by atoms with Crippen molar-refractivity contribution < 1.29 is 23.9 Å². The molecule has 7 heteroatoms. The van der Waals surface area contributed by atoms with Crippen molar-refractivity contribution in [2.75, 3.05) is 0 Å². The van der Waals surface area contributed by atoms with Crippen LogP contribution in [0, 0.1) is 5.82 Å². The summed E-state index contributed by atoms with van der Waals surface area (Å²) in [4.78, 5) is 36.2. The Morgan fingerprint density at radius 3 is 2.10 bits per heavy atom. The molecule has 2 atom stereocenters. The molecule has 0 aliphatic carbocycles. The first kappa shape index (κ1) is 22.0. The fourth-order valence-corrected chi connectivity index (χ4v) is 3.38. The number of carbonyl (C=O) groups excluding carboxylic acids is 2. The molecular formula is C24H23FN2O4. The molecule has 0 radical (unpaired) electrons. The first-order valence-electron chi connectivity index (χ1n) is 9.84. The maximum Gasteiger partial charge on any atom is 0.326 e. The average Bonchev–Trinajstić information content (AvgIpc) is 2.73. The van der Waals surface area contributed by atoms with E-state index < -0.39 is 35.7 Å². The van der Waals surface area contributed by atoms with E-state index in [1.807, 2.05) is 42.5 Å². The molecule has 2 amide bonds. The predicted molar refractivity (Wildman–Crippen MR) is 115 cm³/mol. The quantitative estimate of drug-likeness (QED) is 0.520. The van der Waals surface area contributed by atoms with Gasteiger partial charge in [0, 0.05) is 19.8 Å². The lowest BCUT2D eigenvalue weighted by atomic mass is 10.0. The number of amides is 2. The predicted octanol–water partition coefficient (Wildman–Crippen LogP) is 2.84. The second kappa shape index (κ2) is 9.84. The number of rotatable bonds is 8. The molecule has 3 aromatic carbocycles. The third-order valence-electron chi connectivity index (χ3n) is 4.92. The molecule has 3 aromatic rings. The molecular weight excluding hydrogens is 399 g/mol. The van der Waals surface area contributed by atoms with Gasteiger partial charge in [-0.25, -0.2) is 9.18 Å². The Kier molecular flexibility index (Phi) is 6.97. The lowest BCUT2D eigenvalue weighted by Crippen LogP contribution is -2.52. The summed E-state index contributed by atoms with van der Waals surface area (Å²) in [5.41, 5.74) is 1.40. The normalized spacial score (nSPS) is 12.7.